The van der Waals surface area contributed by atoms with E-state index in [1.165, 1.54) is 5.56 Å². The fourth-order valence-electron chi connectivity index (χ4n) is 2.96. The summed E-state index contributed by atoms with van der Waals surface area (Å²) in [5, 5.41) is 9.67. The van der Waals surface area contributed by atoms with Crippen LogP contribution in [-0.4, -0.2) is 11.1 Å². The number of benzene rings is 3. The average Bonchev–Trinajstić information content (AvgIpc) is 2.63. The summed E-state index contributed by atoms with van der Waals surface area (Å²) in [6.07, 6.45) is 0. The van der Waals surface area contributed by atoms with Crippen LogP contribution in [0.1, 0.15) is 36.7 Å². The van der Waals surface area contributed by atoms with E-state index in [0.717, 1.165) is 14.7 Å². The van der Waals surface area contributed by atoms with Gasteiger partial charge < -0.3 is 5.11 Å². The minimum Gasteiger partial charge on any atom is -0.478 e. The van der Waals surface area contributed by atoms with Gasteiger partial charge >= 0.3 is 5.97 Å². The van der Waals surface area contributed by atoms with E-state index in [2.05, 4.69) is 57.2 Å². The van der Waals surface area contributed by atoms with E-state index in [-0.39, 0.29) is 5.41 Å². The maximum atomic E-state index is 11.8. The van der Waals surface area contributed by atoms with Crippen molar-refractivity contribution in [2.45, 2.75) is 40.9 Å². The van der Waals surface area contributed by atoms with E-state index in [4.69, 9.17) is 0 Å². The average molecular weight is 365 g/mol. The number of carbonyl (C=O) groups is 1. The minimum atomic E-state index is -0.928. The molecule has 1 atom stereocenters. The van der Waals surface area contributed by atoms with Crippen LogP contribution in [0.25, 0.3) is 0 Å². The van der Waals surface area contributed by atoms with E-state index in [9.17, 15) is 9.90 Å². The Morgan fingerprint density at radius 1 is 0.769 bits per heavy atom. The first-order chi connectivity index (χ1) is 12.4. The summed E-state index contributed by atoms with van der Waals surface area (Å²) in [5.41, 5.74) is 1.74. The molecule has 0 bridgehead atoms. The van der Waals surface area contributed by atoms with Gasteiger partial charge in [0.05, 0.1) is 5.56 Å². The second kappa shape index (κ2) is 7.38. The highest BCUT2D eigenvalue weighted by Gasteiger charge is 2.20. The maximum Gasteiger partial charge on any atom is 0.336 e. The first kappa shape index (κ1) is 18.3. The Hall–Kier alpha value is -2.52. The molecule has 0 aliphatic rings. The quantitative estimate of drug-likeness (QED) is 0.544. The molecule has 3 aromatic rings. The van der Waals surface area contributed by atoms with Crippen LogP contribution in [0.2, 0.25) is 0 Å². The third kappa shape index (κ3) is 3.83. The lowest BCUT2D eigenvalue weighted by molar-refractivity contribution is 0.0693. The van der Waals surface area contributed by atoms with Crippen LogP contribution in [0, 0.1) is 0 Å². The first-order valence-electron chi connectivity index (χ1n) is 8.66. The Kier molecular flexibility index (Phi) is 5.19. The first-order valence-corrected chi connectivity index (χ1v) is 10.00. The standard InChI is InChI=1S/C23H24O2S/c1-23(2,3)17-13-15-19(16-14-17)26(18-9-5-4-6-10-18)21-12-8-7-11-20(21)22(24)25/h4-16,26H,1-3H3,(H,24,25). The van der Waals surface area contributed by atoms with Gasteiger partial charge in [-0.25, -0.2) is 4.79 Å². The van der Waals surface area contributed by atoms with Gasteiger partial charge in [0.15, 0.2) is 0 Å². The molecule has 1 N–H and O–H groups in total. The van der Waals surface area contributed by atoms with Gasteiger partial charge in [0.25, 0.3) is 0 Å². The van der Waals surface area contributed by atoms with Crippen molar-refractivity contribution in [1.29, 1.82) is 0 Å². The van der Waals surface area contributed by atoms with Crippen molar-refractivity contribution in [3.63, 3.8) is 0 Å². The number of thiol groups is 1. The van der Waals surface area contributed by atoms with Crippen molar-refractivity contribution in [2.75, 3.05) is 0 Å². The normalized spacial score (nSPS) is 13.3. The summed E-state index contributed by atoms with van der Waals surface area (Å²) in [5.74, 6) is -0.879. The summed E-state index contributed by atoms with van der Waals surface area (Å²) in [4.78, 5) is 15.0. The third-order valence-electron chi connectivity index (χ3n) is 4.38. The van der Waals surface area contributed by atoms with Crippen molar-refractivity contribution in [1.82, 2.24) is 0 Å². The molecule has 3 rings (SSSR count). The molecule has 0 fully saturated rings. The van der Waals surface area contributed by atoms with Crippen LogP contribution in [0.15, 0.2) is 93.5 Å². The molecule has 3 aromatic carbocycles. The van der Waals surface area contributed by atoms with Gasteiger partial charge in [0.2, 0.25) is 0 Å². The molecule has 0 radical (unpaired) electrons. The molecule has 0 heterocycles. The monoisotopic (exact) mass is 364 g/mol. The molecule has 0 aliphatic carbocycles. The Bertz CT molecular complexity index is 893. The fraction of sp³-hybridized carbons (Fsp3) is 0.174. The van der Waals surface area contributed by atoms with E-state index in [0.29, 0.717) is 5.56 Å². The van der Waals surface area contributed by atoms with Crippen molar-refractivity contribution < 1.29 is 9.90 Å². The van der Waals surface area contributed by atoms with Gasteiger partial charge in [-0.1, -0.05) is 63.2 Å². The topological polar surface area (TPSA) is 37.3 Å². The molecule has 1 unspecified atom stereocenters. The van der Waals surface area contributed by atoms with Gasteiger partial charge in [-0.2, -0.15) is 10.9 Å². The molecule has 26 heavy (non-hydrogen) atoms. The summed E-state index contributed by atoms with van der Waals surface area (Å²) in [6, 6.07) is 26.2. The summed E-state index contributed by atoms with van der Waals surface area (Å²) < 4.78 is 0. The summed E-state index contributed by atoms with van der Waals surface area (Å²) >= 11 is 0. The molecule has 0 amide bonds. The van der Waals surface area contributed by atoms with Crippen LogP contribution in [0.4, 0.5) is 0 Å². The van der Waals surface area contributed by atoms with E-state index >= 15 is 0 Å². The number of hydrogen-bond acceptors (Lipinski definition) is 1. The zero-order valence-electron chi connectivity index (χ0n) is 15.3. The van der Waals surface area contributed by atoms with Gasteiger partial charge in [0.1, 0.15) is 0 Å². The number of rotatable bonds is 4. The van der Waals surface area contributed by atoms with Gasteiger partial charge in [-0.05, 0) is 57.2 Å². The highest BCUT2D eigenvalue weighted by atomic mass is 32.2. The highest BCUT2D eigenvalue weighted by molar-refractivity contribution is 8.17. The summed E-state index contributed by atoms with van der Waals surface area (Å²) in [6.45, 7) is 6.59. The smallest absolute Gasteiger partial charge is 0.336 e. The summed E-state index contributed by atoms with van der Waals surface area (Å²) in [7, 11) is -0.928. The van der Waals surface area contributed by atoms with Crippen molar-refractivity contribution >= 4 is 16.9 Å². The fourth-order valence-corrected chi connectivity index (χ4v) is 5.38. The van der Waals surface area contributed by atoms with Crippen LogP contribution in [0.5, 0.6) is 0 Å². The Morgan fingerprint density at radius 3 is 1.88 bits per heavy atom. The molecule has 134 valence electrons. The molecule has 0 spiro atoms. The molecule has 3 heteroatoms. The van der Waals surface area contributed by atoms with Crippen LogP contribution < -0.4 is 0 Å². The lowest BCUT2D eigenvalue weighted by atomic mass is 9.87. The predicted octanol–water partition coefficient (Wildman–Crippen LogP) is 6.16. The third-order valence-corrected chi connectivity index (χ3v) is 6.88. The van der Waals surface area contributed by atoms with Crippen LogP contribution in [0.3, 0.4) is 0 Å². The van der Waals surface area contributed by atoms with Gasteiger partial charge in [-0.3, -0.25) is 0 Å². The number of aromatic carboxylic acids is 1. The lowest BCUT2D eigenvalue weighted by Crippen LogP contribution is -2.10. The van der Waals surface area contributed by atoms with E-state index in [1.54, 1.807) is 12.1 Å². The second-order valence-corrected chi connectivity index (χ2v) is 9.48. The molecule has 0 aromatic heterocycles. The minimum absolute atomic E-state index is 0.0903. The Labute approximate surface area is 157 Å². The van der Waals surface area contributed by atoms with Crippen LogP contribution in [-0.2, 0) is 5.41 Å². The maximum absolute atomic E-state index is 11.8. The van der Waals surface area contributed by atoms with Crippen LogP contribution >= 0.6 is 10.9 Å². The number of carboxylic acid groups (broad SMARTS) is 1. The molecule has 0 saturated carbocycles. The molecular formula is C23H24O2S. The van der Waals surface area contributed by atoms with E-state index < -0.39 is 16.9 Å². The van der Waals surface area contributed by atoms with E-state index in [1.807, 2.05) is 30.3 Å². The SMILES string of the molecule is CC(C)(C)c1ccc([SH](c2ccccc2)c2ccccc2C(=O)O)cc1. The second-order valence-electron chi connectivity index (χ2n) is 7.29. The number of carboxylic acids is 1. The molecule has 0 aliphatic heterocycles. The van der Waals surface area contributed by atoms with Crippen molar-refractivity contribution in [2.24, 2.45) is 0 Å². The number of hydrogen-bond donors (Lipinski definition) is 2. The Morgan fingerprint density at radius 2 is 1.31 bits per heavy atom. The molecule has 0 saturated heterocycles. The molecule has 2 nitrogen and oxygen atoms in total. The lowest BCUT2D eigenvalue weighted by Gasteiger charge is -2.26. The molecular weight excluding hydrogens is 340 g/mol. The zero-order chi connectivity index (χ0) is 18.7. The van der Waals surface area contributed by atoms with Crippen molar-refractivity contribution in [3.8, 4) is 0 Å². The largest absolute Gasteiger partial charge is 0.478 e. The van der Waals surface area contributed by atoms with Gasteiger partial charge in [-0.15, -0.1) is 0 Å². The van der Waals surface area contributed by atoms with Gasteiger partial charge in [0, 0.05) is 4.90 Å². The zero-order valence-corrected chi connectivity index (χ0v) is 16.2. The predicted molar refractivity (Wildman–Crippen MR) is 109 cm³/mol. The van der Waals surface area contributed by atoms with Crippen molar-refractivity contribution in [3.05, 3.63) is 90.0 Å². The Balaban J connectivity index is 2.16. The highest BCUT2D eigenvalue weighted by Crippen LogP contribution is 2.52.